The van der Waals surface area contributed by atoms with E-state index < -0.39 is 0 Å². The highest BCUT2D eigenvalue weighted by atomic mass is 16.5. The first-order valence-electron chi connectivity index (χ1n) is 5.76. The number of nitrogens with zero attached hydrogens (tertiary/aromatic N) is 2. The monoisotopic (exact) mass is 257 g/mol. The normalized spacial score (nSPS) is 10.0. The lowest BCUT2D eigenvalue weighted by atomic mass is 10.2. The van der Waals surface area contributed by atoms with Crippen LogP contribution in [0.2, 0.25) is 0 Å². The van der Waals surface area contributed by atoms with E-state index >= 15 is 0 Å². The van der Waals surface area contributed by atoms with Crippen LogP contribution >= 0.6 is 0 Å². The summed E-state index contributed by atoms with van der Waals surface area (Å²) in [5.74, 6) is 0.388. The second-order valence-electron chi connectivity index (χ2n) is 4.01. The van der Waals surface area contributed by atoms with Crippen LogP contribution < -0.4 is 15.4 Å². The zero-order valence-electron chi connectivity index (χ0n) is 10.8. The number of amides is 1. The highest BCUT2D eigenvalue weighted by Gasteiger charge is 2.17. The first-order chi connectivity index (χ1) is 9.13. The lowest BCUT2D eigenvalue weighted by Crippen LogP contribution is -2.27. The van der Waals surface area contributed by atoms with Crippen molar-refractivity contribution in [3.8, 4) is 5.75 Å². The Labute approximate surface area is 111 Å². The standard InChI is InChI=1S/C14H15N3O2/c1-17(12-5-3-4-6-13(12)19-2)14(18)11-9-10(15)7-8-16-11/h3-9H,1-2H3,(H2,15,16). The van der Waals surface area contributed by atoms with E-state index in [4.69, 9.17) is 10.5 Å². The lowest BCUT2D eigenvalue weighted by Gasteiger charge is -2.19. The number of pyridine rings is 1. The number of hydrogen-bond donors (Lipinski definition) is 1. The summed E-state index contributed by atoms with van der Waals surface area (Å²) in [7, 11) is 3.24. The predicted octanol–water partition coefficient (Wildman–Crippen LogP) is 1.95. The fraction of sp³-hybridized carbons (Fsp3) is 0.143. The highest BCUT2D eigenvalue weighted by Crippen LogP contribution is 2.27. The quantitative estimate of drug-likeness (QED) is 0.912. The number of anilines is 2. The molecule has 19 heavy (non-hydrogen) atoms. The molecule has 2 rings (SSSR count). The third-order valence-corrected chi connectivity index (χ3v) is 2.75. The number of carbonyl (C=O) groups is 1. The molecule has 0 radical (unpaired) electrons. The highest BCUT2D eigenvalue weighted by molar-refractivity contribution is 6.05. The van der Waals surface area contributed by atoms with Gasteiger partial charge in [0.05, 0.1) is 12.8 Å². The Hall–Kier alpha value is -2.56. The van der Waals surface area contributed by atoms with Gasteiger partial charge in [0.25, 0.3) is 5.91 Å². The first-order valence-corrected chi connectivity index (χ1v) is 5.76. The smallest absolute Gasteiger partial charge is 0.276 e. The van der Waals surface area contributed by atoms with Crippen molar-refractivity contribution < 1.29 is 9.53 Å². The van der Waals surface area contributed by atoms with Crippen molar-refractivity contribution in [1.29, 1.82) is 0 Å². The van der Waals surface area contributed by atoms with Crippen LogP contribution in [0.1, 0.15) is 10.5 Å². The minimum atomic E-state index is -0.239. The average Bonchev–Trinajstić information content (AvgIpc) is 2.45. The molecule has 1 aromatic carbocycles. The number of rotatable bonds is 3. The number of benzene rings is 1. The number of aromatic nitrogens is 1. The Balaban J connectivity index is 2.33. The van der Waals surface area contributed by atoms with Crippen molar-refractivity contribution >= 4 is 17.3 Å². The van der Waals surface area contributed by atoms with Crippen molar-refractivity contribution in [3.63, 3.8) is 0 Å². The zero-order chi connectivity index (χ0) is 13.8. The number of para-hydroxylation sites is 2. The van der Waals surface area contributed by atoms with Crippen molar-refractivity contribution in [3.05, 3.63) is 48.3 Å². The van der Waals surface area contributed by atoms with Crippen LogP contribution in [0.15, 0.2) is 42.6 Å². The largest absolute Gasteiger partial charge is 0.495 e. The molecule has 1 aromatic heterocycles. The molecule has 0 atom stereocenters. The van der Waals surface area contributed by atoms with Gasteiger partial charge in [-0.15, -0.1) is 0 Å². The van der Waals surface area contributed by atoms with E-state index in [-0.39, 0.29) is 5.91 Å². The predicted molar refractivity (Wildman–Crippen MR) is 74.4 cm³/mol. The molecule has 0 fully saturated rings. The summed E-state index contributed by atoms with van der Waals surface area (Å²) >= 11 is 0. The third-order valence-electron chi connectivity index (χ3n) is 2.75. The first kappa shape index (κ1) is 12.9. The molecular formula is C14H15N3O2. The van der Waals surface area contributed by atoms with Crippen LogP contribution in [0.3, 0.4) is 0 Å². The van der Waals surface area contributed by atoms with E-state index in [2.05, 4.69) is 4.98 Å². The van der Waals surface area contributed by atoms with E-state index in [1.54, 1.807) is 32.4 Å². The topological polar surface area (TPSA) is 68.5 Å². The number of carbonyl (C=O) groups excluding carboxylic acids is 1. The summed E-state index contributed by atoms with van der Waals surface area (Å²) in [4.78, 5) is 17.8. The van der Waals surface area contributed by atoms with Crippen LogP contribution in [0, 0.1) is 0 Å². The van der Waals surface area contributed by atoms with Crippen LogP contribution in [0.4, 0.5) is 11.4 Å². The maximum absolute atomic E-state index is 12.3. The molecular weight excluding hydrogens is 242 g/mol. The van der Waals surface area contributed by atoms with E-state index in [0.29, 0.717) is 22.8 Å². The number of methoxy groups -OCH3 is 1. The number of ether oxygens (including phenoxy) is 1. The Bertz CT molecular complexity index is 599. The summed E-state index contributed by atoms with van der Waals surface area (Å²) in [5.41, 5.74) is 7.14. The summed E-state index contributed by atoms with van der Waals surface area (Å²) in [6.07, 6.45) is 1.51. The Morgan fingerprint density at radius 2 is 2.05 bits per heavy atom. The van der Waals surface area contributed by atoms with Gasteiger partial charge in [0.15, 0.2) is 0 Å². The second-order valence-corrected chi connectivity index (χ2v) is 4.01. The summed E-state index contributed by atoms with van der Waals surface area (Å²) in [5, 5.41) is 0. The van der Waals surface area contributed by atoms with E-state index in [1.807, 2.05) is 18.2 Å². The Kier molecular flexibility index (Phi) is 3.66. The van der Waals surface area contributed by atoms with Gasteiger partial charge in [-0.05, 0) is 24.3 Å². The fourth-order valence-corrected chi connectivity index (χ4v) is 1.75. The molecule has 2 aromatic rings. The summed E-state index contributed by atoms with van der Waals surface area (Å²) < 4.78 is 5.24. The van der Waals surface area contributed by atoms with Crippen LogP contribution in [-0.4, -0.2) is 25.0 Å². The Morgan fingerprint density at radius 1 is 1.32 bits per heavy atom. The number of hydrogen-bond acceptors (Lipinski definition) is 4. The van der Waals surface area contributed by atoms with Crippen molar-refractivity contribution in [1.82, 2.24) is 4.98 Å². The molecule has 5 nitrogen and oxygen atoms in total. The molecule has 98 valence electrons. The maximum Gasteiger partial charge on any atom is 0.276 e. The number of nitrogen functional groups attached to an aromatic ring is 1. The van der Waals surface area contributed by atoms with Gasteiger partial charge >= 0.3 is 0 Å². The van der Waals surface area contributed by atoms with Crippen molar-refractivity contribution in [2.45, 2.75) is 0 Å². The molecule has 0 bridgehead atoms. The molecule has 1 amide bonds. The Morgan fingerprint density at radius 3 is 2.74 bits per heavy atom. The SMILES string of the molecule is COc1ccccc1N(C)C(=O)c1cc(N)ccn1. The van der Waals surface area contributed by atoms with Gasteiger partial charge in [-0.1, -0.05) is 12.1 Å². The zero-order valence-corrected chi connectivity index (χ0v) is 10.8. The maximum atomic E-state index is 12.3. The molecule has 1 heterocycles. The molecule has 0 saturated carbocycles. The van der Waals surface area contributed by atoms with Crippen LogP contribution in [0.5, 0.6) is 5.75 Å². The van der Waals surface area contributed by atoms with Gasteiger partial charge in [-0.3, -0.25) is 9.78 Å². The van der Waals surface area contributed by atoms with Crippen LogP contribution in [0.25, 0.3) is 0 Å². The molecule has 2 N–H and O–H groups in total. The number of nitrogens with two attached hydrogens (primary N) is 1. The minimum Gasteiger partial charge on any atom is -0.495 e. The molecule has 0 aliphatic heterocycles. The van der Waals surface area contributed by atoms with Gasteiger partial charge in [0, 0.05) is 18.9 Å². The van der Waals surface area contributed by atoms with E-state index in [1.165, 1.54) is 11.1 Å². The van der Waals surface area contributed by atoms with Crippen molar-refractivity contribution in [2.75, 3.05) is 24.8 Å². The molecule has 0 aliphatic carbocycles. The van der Waals surface area contributed by atoms with Gasteiger partial charge in [0.2, 0.25) is 0 Å². The van der Waals surface area contributed by atoms with Gasteiger partial charge in [-0.25, -0.2) is 0 Å². The third kappa shape index (κ3) is 2.65. The van der Waals surface area contributed by atoms with Gasteiger partial charge < -0.3 is 15.4 Å². The lowest BCUT2D eigenvalue weighted by molar-refractivity contribution is 0.0987. The van der Waals surface area contributed by atoms with E-state index in [0.717, 1.165) is 0 Å². The fourth-order valence-electron chi connectivity index (χ4n) is 1.75. The van der Waals surface area contributed by atoms with Gasteiger partial charge in [0.1, 0.15) is 11.4 Å². The molecule has 0 saturated heterocycles. The average molecular weight is 257 g/mol. The van der Waals surface area contributed by atoms with Crippen LogP contribution in [-0.2, 0) is 0 Å². The van der Waals surface area contributed by atoms with E-state index in [9.17, 15) is 4.79 Å². The molecule has 0 spiro atoms. The molecule has 0 aliphatic rings. The molecule has 0 unspecified atom stereocenters. The second kappa shape index (κ2) is 5.39. The summed E-state index contributed by atoms with van der Waals surface area (Å²) in [6, 6.07) is 10.5. The summed E-state index contributed by atoms with van der Waals surface area (Å²) in [6.45, 7) is 0. The molecule has 5 heteroatoms. The van der Waals surface area contributed by atoms with Crippen molar-refractivity contribution in [2.24, 2.45) is 0 Å². The minimum absolute atomic E-state index is 0.239. The van der Waals surface area contributed by atoms with Gasteiger partial charge in [-0.2, -0.15) is 0 Å².